The van der Waals surface area contributed by atoms with Gasteiger partial charge in [-0.05, 0) is 64.2 Å². The zero-order valence-electron chi connectivity index (χ0n) is 53.5. The van der Waals surface area contributed by atoms with Crippen LogP contribution in [0.25, 0.3) is 0 Å². The third kappa shape index (κ3) is 63.5. The van der Waals surface area contributed by atoms with Gasteiger partial charge >= 0.3 is 0 Å². The monoisotopic (exact) mass is 1140 g/mol. The third-order valence-corrected chi connectivity index (χ3v) is 16.4. The number of phosphoric acid groups is 1. The quantitative estimate of drug-likeness (QED) is 0.0272. The lowest BCUT2D eigenvalue weighted by Crippen LogP contribution is -2.45. The minimum atomic E-state index is -4.61. The molecule has 0 aliphatic rings. The van der Waals surface area contributed by atoms with E-state index in [1.807, 2.05) is 27.2 Å². The van der Waals surface area contributed by atoms with Gasteiger partial charge in [0.1, 0.15) is 13.2 Å². The number of carbonyl (C=O) groups excluding carboxylic acids is 1. The molecule has 9 heteroatoms. The molecule has 0 heterocycles. The zero-order chi connectivity index (χ0) is 58.4. The van der Waals surface area contributed by atoms with Crippen LogP contribution in [-0.2, 0) is 18.4 Å². The van der Waals surface area contributed by atoms with Gasteiger partial charge < -0.3 is 28.8 Å². The largest absolute Gasteiger partial charge is 0.756 e. The molecule has 2 N–H and O–H groups in total. The van der Waals surface area contributed by atoms with Crippen LogP contribution >= 0.6 is 7.82 Å². The number of rotatable bonds is 63. The zero-order valence-corrected chi connectivity index (χ0v) is 54.4. The highest BCUT2D eigenvalue weighted by Gasteiger charge is 2.23. The molecule has 468 valence electrons. The summed E-state index contributed by atoms with van der Waals surface area (Å²) >= 11 is 0. The van der Waals surface area contributed by atoms with Crippen molar-refractivity contribution in [3.8, 4) is 0 Å². The van der Waals surface area contributed by atoms with E-state index in [-0.39, 0.29) is 19.1 Å². The Bertz CT molecular complexity index is 1530. The van der Waals surface area contributed by atoms with E-state index in [1.54, 1.807) is 6.08 Å². The molecule has 0 rings (SSSR count). The van der Waals surface area contributed by atoms with Crippen molar-refractivity contribution in [2.24, 2.45) is 0 Å². The lowest BCUT2D eigenvalue weighted by atomic mass is 10.0. The van der Waals surface area contributed by atoms with Crippen molar-refractivity contribution in [1.29, 1.82) is 0 Å². The maximum Gasteiger partial charge on any atom is 0.268 e. The second-order valence-corrected chi connectivity index (χ2v) is 25.9. The first-order chi connectivity index (χ1) is 39.0. The Hall–Kier alpha value is -2.06. The van der Waals surface area contributed by atoms with Crippen LogP contribution in [0.1, 0.15) is 322 Å². The standard InChI is InChI=1S/C71H133N2O6P/c1-6-8-10-12-14-16-18-20-22-24-26-28-30-32-34-36-38-40-42-44-46-48-50-52-54-56-58-60-62-64-70(74)69(68-79-80(76,77)78-67-66-73(3,4)5)72-71(75)65-63-61-59-57-55-53-51-49-47-45-43-41-39-37-35-33-31-29-27-25-23-21-19-17-15-13-11-9-7-2/h9,11,15,17,21,23,27,29,33,35,62,64,69-70,74H,6-8,10,12-14,16,18-20,22,24-26,28,30-32,34,36-61,63,65-68H2,1-5H3,(H-,72,75,76,77)/b11-9-,17-15-,23-21-,29-27-,35-33-,64-62+. The van der Waals surface area contributed by atoms with Gasteiger partial charge in [0.25, 0.3) is 7.82 Å². The van der Waals surface area contributed by atoms with E-state index >= 15 is 0 Å². The van der Waals surface area contributed by atoms with Crippen LogP contribution in [0.15, 0.2) is 72.9 Å². The molecule has 0 bridgehead atoms. The van der Waals surface area contributed by atoms with Gasteiger partial charge in [-0.2, -0.15) is 0 Å². The fraction of sp³-hybridized carbons (Fsp3) is 0.817. The summed E-state index contributed by atoms with van der Waals surface area (Å²) in [6.07, 6.45) is 85.8. The number of carbonyl (C=O) groups is 1. The molecule has 0 aromatic carbocycles. The second kappa shape index (κ2) is 61.5. The average Bonchev–Trinajstić information content (AvgIpc) is 3.42. The molecular weight excluding hydrogens is 1010 g/mol. The molecule has 0 aromatic rings. The van der Waals surface area contributed by atoms with E-state index in [9.17, 15) is 19.4 Å². The first kappa shape index (κ1) is 77.9. The molecule has 0 radical (unpaired) electrons. The second-order valence-electron chi connectivity index (χ2n) is 24.5. The molecule has 0 saturated carbocycles. The summed E-state index contributed by atoms with van der Waals surface area (Å²) in [5, 5.41) is 14.0. The van der Waals surface area contributed by atoms with E-state index in [0.717, 1.165) is 70.6 Å². The number of unbranched alkanes of at least 4 members (excludes halogenated alkanes) is 40. The van der Waals surface area contributed by atoms with Gasteiger partial charge in [-0.3, -0.25) is 9.36 Å². The van der Waals surface area contributed by atoms with Gasteiger partial charge in [0.15, 0.2) is 0 Å². The Morgan fingerprint density at radius 1 is 0.450 bits per heavy atom. The Morgan fingerprint density at radius 3 is 1.11 bits per heavy atom. The Balaban J connectivity index is 4.10. The van der Waals surface area contributed by atoms with E-state index in [2.05, 4.69) is 79.9 Å². The SMILES string of the molecule is CC/C=C\C/C=C\C/C=C\C/C=C\C/C=C\CCCCCCCCCCCCCCCC(=O)NC(COP(=O)([O-])OCC[N+](C)(C)C)C(O)/C=C/CCCCCCCCCCCCCCCCCCCCCCCCCCCCC. The number of nitrogens with zero attached hydrogens (tertiary/aromatic N) is 1. The summed E-state index contributed by atoms with van der Waals surface area (Å²) in [5.41, 5.74) is 0. The minimum absolute atomic E-state index is 0.00266. The van der Waals surface area contributed by atoms with Crippen LogP contribution < -0.4 is 10.2 Å². The Morgan fingerprint density at radius 2 is 0.762 bits per heavy atom. The number of allylic oxidation sites excluding steroid dienone is 11. The molecule has 0 spiro atoms. The predicted molar refractivity (Wildman–Crippen MR) is 348 cm³/mol. The number of aliphatic hydroxyl groups is 1. The van der Waals surface area contributed by atoms with Gasteiger partial charge in [-0.1, -0.05) is 324 Å². The van der Waals surface area contributed by atoms with Crippen molar-refractivity contribution in [3.05, 3.63) is 72.9 Å². The van der Waals surface area contributed by atoms with Gasteiger partial charge in [0, 0.05) is 6.42 Å². The lowest BCUT2D eigenvalue weighted by Gasteiger charge is -2.29. The highest BCUT2D eigenvalue weighted by molar-refractivity contribution is 7.45. The summed E-state index contributed by atoms with van der Waals surface area (Å²) in [6, 6.07) is -0.892. The van der Waals surface area contributed by atoms with Crippen LogP contribution in [0.3, 0.4) is 0 Å². The molecule has 3 atom stereocenters. The van der Waals surface area contributed by atoms with Crippen LogP contribution in [0.2, 0.25) is 0 Å². The van der Waals surface area contributed by atoms with Crippen molar-refractivity contribution < 1.29 is 32.9 Å². The lowest BCUT2D eigenvalue weighted by molar-refractivity contribution is -0.870. The van der Waals surface area contributed by atoms with Crippen molar-refractivity contribution in [1.82, 2.24) is 5.32 Å². The van der Waals surface area contributed by atoms with Gasteiger partial charge in [-0.25, -0.2) is 0 Å². The van der Waals surface area contributed by atoms with E-state index in [0.29, 0.717) is 17.4 Å². The fourth-order valence-corrected chi connectivity index (χ4v) is 10.8. The molecule has 80 heavy (non-hydrogen) atoms. The number of phosphoric ester groups is 1. The van der Waals surface area contributed by atoms with E-state index in [1.165, 1.54) is 231 Å². The number of quaternary nitrogens is 1. The molecule has 0 fully saturated rings. The average molecular weight is 1140 g/mol. The smallest absolute Gasteiger partial charge is 0.268 e. The Labute approximate surface area is 497 Å². The predicted octanol–water partition coefficient (Wildman–Crippen LogP) is 21.1. The van der Waals surface area contributed by atoms with Crippen molar-refractivity contribution in [2.45, 2.75) is 334 Å². The molecule has 0 saturated heterocycles. The van der Waals surface area contributed by atoms with Crippen molar-refractivity contribution in [2.75, 3.05) is 40.9 Å². The molecule has 8 nitrogen and oxygen atoms in total. The van der Waals surface area contributed by atoms with Crippen LogP contribution in [0.5, 0.6) is 0 Å². The first-order valence-corrected chi connectivity index (χ1v) is 35.8. The molecular formula is C71H133N2O6P. The minimum Gasteiger partial charge on any atom is -0.756 e. The molecule has 1 amide bonds. The number of hydrogen-bond donors (Lipinski definition) is 2. The highest BCUT2D eigenvalue weighted by Crippen LogP contribution is 2.38. The van der Waals surface area contributed by atoms with Crippen LogP contribution in [-0.4, -0.2) is 68.5 Å². The number of amides is 1. The highest BCUT2D eigenvalue weighted by atomic mass is 31.2. The molecule has 0 aliphatic heterocycles. The van der Waals surface area contributed by atoms with Crippen LogP contribution in [0.4, 0.5) is 0 Å². The van der Waals surface area contributed by atoms with Gasteiger partial charge in [0.2, 0.25) is 5.91 Å². The Kier molecular flexibility index (Phi) is 59.9. The fourth-order valence-electron chi connectivity index (χ4n) is 10.1. The maximum atomic E-state index is 13.0. The van der Waals surface area contributed by atoms with Gasteiger partial charge in [-0.15, -0.1) is 0 Å². The topological polar surface area (TPSA) is 108 Å². The van der Waals surface area contributed by atoms with Crippen LogP contribution in [0, 0.1) is 0 Å². The maximum absolute atomic E-state index is 13.0. The third-order valence-electron chi connectivity index (χ3n) is 15.4. The normalized spacial score (nSPS) is 14.1. The van der Waals surface area contributed by atoms with E-state index in [4.69, 9.17) is 9.05 Å². The first-order valence-electron chi connectivity index (χ1n) is 34.3. The molecule has 3 unspecified atom stereocenters. The summed E-state index contributed by atoms with van der Waals surface area (Å²) < 4.78 is 23.5. The number of hydrogen-bond acceptors (Lipinski definition) is 6. The molecule has 0 aliphatic carbocycles. The summed E-state index contributed by atoms with van der Waals surface area (Å²) in [4.78, 5) is 25.6. The van der Waals surface area contributed by atoms with Gasteiger partial charge in [0.05, 0.1) is 39.9 Å². The number of likely N-dealkylation sites (N-methyl/N-ethyl adjacent to an activating group) is 1. The summed E-state index contributed by atoms with van der Waals surface area (Å²) in [5.74, 6) is -0.197. The summed E-state index contributed by atoms with van der Waals surface area (Å²) in [6.45, 7) is 4.57. The van der Waals surface area contributed by atoms with Crippen molar-refractivity contribution in [3.63, 3.8) is 0 Å². The number of nitrogens with one attached hydrogen (secondary N) is 1. The summed E-state index contributed by atoms with van der Waals surface area (Å²) in [7, 11) is 1.27. The molecule has 0 aromatic heterocycles. The number of aliphatic hydroxyl groups excluding tert-OH is 1. The van der Waals surface area contributed by atoms with E-state index < -0.39 is 20.0 Å². The van der Waals surface area contributed by atoms with Crippen molar-refractivity contribution >= 4 is 13.7 Å².